The molecular weight excluding hydrogens is 364 g/mol. The van der Waals surface area contributed by atoms with Crippen molar-refractivity contribution in [2.45, 2.75) is 39.0 Å². The number of benzene rings is 2. The van der Waals surface area contributed by atoms with Gasteiger partial charge in [-0.3, -0.25) is 4.79 Å². The van der Waals surface area contributed by atoms with Crippen molar-refractivity contribution in [2.75, 3.05) is 13.1 Å². The number of carbonyl (C=O) groups excluding carboxylic acids is 1. The third kappa shape index (κ3) is 4.43. The molecule has 1 aromatic heterocycles. The van der Waals surface area contributed by atoms with Gasteiger partial charge in [-0.1, -0.05) is 30.3 Å². The van der Waals surface area contributed by atoms with Crippen LogP contribution in [-0.2, 0) is 17.9 Å². The van der Waals surface area contributed by atoms with Crippen LogP contribution in [0.15, 0.2) is 54.6 Å². The molecule has 0 aliphatic carbocycles. The van der Waals surface area contributed by atoms with Crippen molar-refractivity contribution in [2.24, 2.45) is 11.7 Å². The van der Waals surface area contributed by atoms with Gasteiger partial charge in [0.1, 0.15) is 24.7 Å². The molecule has 2 unspecified atom stereocenters. The van der Waals surface area contributed by atoms with Crippen LogP contribution in [0.2, 0.25) is 0 Å². The summed E-state index contributed by atoms with van der Waals surface area (Å²) in [5, 5.41) is 0. The lowest BCUT2D eigenvalue weighted by atomic mass is 9.92. The van der Waals surface area contributed by atoms with Gasteiger partial charge in [-0.25, -0.2) is 4.98 Å². The number of ether oxygens (including phenoxy) is 1. The van der Waals surface area contributed by atoms with Gasteiger partial charge in [-0.15, -0.1) is 0 Å². The third-order valence-corrected chi connectivity index (χ3v) is 5.69. The molecule has 0 spiro atoms. The number of hydrogen-bond donors (Lipinski definition) is 1. The Kier molecular flexibility index (Phi) is 5.81. The van der Waals surface area contributed by atoms with Crippen molar-refractivity contribution >= 4 is 16.9 Å². The number of nitrogens with zero attached hydrogens (tertiary/aromatic N) is 3. The summed E-state index contributed by atoms with van der Waals surface area (Å²) < 4.78 is 7.90. The first-order valence-electron chi connectivity index (χ1n) is 10.3. The highest BCUT2D eigenvalue weighted by molar-refractivity contribution is 5.81. The van der Waals surface area contributed by atoms with Crippen LogP contribution >= 0.6 is 0 Å². The van der Waals surface area contributed by atoms with Crippen LogP contribution in [0.3, 0.4) is 0 Å². The topological polar surface area (TPSA) is 73.4 Å². The monoisotopic (exact) mass is 392 g/mol. The zero-order valence-corrected chi connectivity index (χ0v) is 16.8. The lowest BCUT2D eigenvalue weighted by Gasteiger charge is -2.34. The Balaban J connectivity index is 1.54. The Morgan fingerprint density at radius 1 is 1.21 bits per heavy atom. The minimum atomic E-state index is 0.106. The van der Waals surface area contributed by atoms with Crippen molar-refractivity contribution in [3.63, 3.8) is 0 Å². The number of para-hydroxylation sites is 3. The van der Waals surface area contributed by atoms with E-state index in [0.29, 0.717) is 12.5 Å². The summed E-state index contributed by atoms with van der Waals surface area (Å²) in [5.41, 5.74) is 7.92. The fraction of sp³-hybridized carbons (Fsp3) is 0.391. The van der Waals surface area contributed by atoms with Crippen molar-refractivity contribution in [1.29, 1.82) is 0 Å². The van der Waals surface area contributed by atoms with Gasteiger partial charge in [0.25, 0.3) is 0 Å². The van der Waals surface area contributed by atoms with Gasteiger partial charge >= 0.3 is 0 Å². The minimum absolute atomic E-state index is 0.106. The second-order valence-electron chi connectivity index (χ2n) is 7.81. The Morgan fingerprint density at radius 2 is 1.97 bits per heavy atom. The first-order valence-corrected chi connectivity index (χ1v) is 10.3. The maximum absolute atomic E-state index is 13.1. The fourth-order valence-corrected chi connectivity index (χ4v) is 3.98. The van der Waals surface area contributed by atoms with Crippen LogP contribution in [0.5, 0.6) is 5.75 Å². The quantitative estimate of drug-likeness (QED) is 0.699. The van der Waals surface area contributed by atoms with E-state index in [9.17, 15) is 4.79 Å². The molecule has 29 heavy (non-hydrogen) atoms. The second-order valence-corrected chi connectivity index (χ2v) is 7.81. The van der Waals surface area contributed by atoms with E-state index < -0.39 is 0 Å². The molecule has 1 aliphatic heterocycles. The summed E-state index contributed by atoms with van der Waals surface area (Å²) in [6.45, 7) is 4.14. The van der Waals surface area contributed by atoms with Crippen LogP contribution in [0.4, 0.5) is 0 Å². The highest BCUT2D eigenvalue weighted by Gasteiger charge is 2.26. The number of rotatable bonds is 6. The van der Waals surface area contributed by atoms with Gasteiger partial charge in [0, 0.05) is 19.1 Å². The number of carbonyl (C=O) groups is 1. The number of aromatic nitrogens is 2. The molecule has 2 heterocycles. The van der Waals surface area contributed by atoms with E-state index in [1.54, 1.807) is 0 Å². The average molecular weight is 393 g/mol. The molecule has 3 aromatic rings. The molecule has 6 heteroatoms. The van der Waals surface area contributed by atoms with Crippen molar-refractivity contribution < 1.29 is 9.53 Å². The van der Waals surface area contributed by atoms with E-state index >= 15 is 0 Å². The first-order chi connectivity index (χ1) is 14.1. The molecule has 2 atom stereocenters. The van der Waals surface area contributed by atoms with E-state index in [1.165, 1.54) is 0 Å². The predicted octanol–water partition coefficient (Wildman–Crippen LogP) is 3.20. The van der Waals surface area contributed by atoms with E-state index in [0.717, 1.165) is 48.5 Å². The second kappa shape index (κ2) is 8.66. The van der Waals surface area contributed by atoms with Gasteiger partial charge in [-0.05, 0) is 49.9 Å². The maximum Gasteiger partial charge on any atom is 0.242 e. The average Bonchev–Trinajstić information content (AvgIpc) is 3.10. The number of amides is 1. The molecule has 0 saturated carbocycles. The van der Waals surface area contributed by atoms with Gasteiger partial charge < -0.3 is 19.9 Å². The Bertz CT molecular complexity index is 967. The third-order valence-electron chi connectivity index (χ3n) is 5.69. The van der Waals surface area contributed by atoms with E-state index in [-0.39, 0.29) is 18.5 Å². The molecule has 2 N–H and O–H groups in total. The lowest BCUT2D eigenvalue weighted by Crippen LogP contribution is -2.46. The zero-order chi connectivity index (χ0) is 20.2. The minimum Gasteiger partial charge on any atom is -0.486 e. The number of hydrogen-bond acceptors (Lipinski definition) is 4. The van der Waals surface area contributed by atoms with Crippen LogP contribution in [0.1, 0.15) is 25.6 Å². The number of fused-ring (bicyclic) bond motifs is 1. The smallest absolute Gasteiger partial charge is 0.242 e. The summed E-state index contributed by atoms with van der Waals surface area (Å²) in [5.74, 6) is 2.02. The number of likely N-dealkylation sites (tertiary alicyclic amines) is 1. The predicted molar refractivity (Wildman–Crippen MR) is 113 cm³/mol. The molecule has 1 amide bonds. The van der Waals surface area contributed by atoms with Crippen LogP contribution in [0.25, 0.3) is 11.0 Å². The van der Waals surface area contributed by atoms with E-state index in [1.807, 2.05) is 71.0 Å². The van der Waals surface area contributed by atoms with Gasteiger partial charge in [0.05, 0.1) is 11.0 Å². The molecule has 0 radical (unpaired) electrons. The normalized spacial score (nSPS) is 18.0. The highest BCUT2D eigenvalue weighted by atomic mass is 16.5. The van der Waals surface area contributed by atoms with Gasteiger partial charge in [0.15, 0.2) is 0 Å². The molecule has 6 nitrogen and oxygen atoms in total. The van der Waals surface area contributed by atoms with Gasteiger partial charge in [0.2, 0.25) is 5.91 Å². The largest absolute Gasteiger partial charge is 0.486 e. The summed E-state index contributed by atoms with van der Waals surface area (Å²) in [6, 6.07) is 17.7. The van der Waals surface area contributed by atoms with E-state index in [2.05, 4.69) is 0 Å². The van der Waals surface area contributed by atoms with Crippen molar-refractivity contribution in [3.05, 3.63) is 60.4 Å². The zero-order valence-electron chi connectivity index (χ0n) is 16.8. The van der Waals surface area contributed by atoms with E-state index in [4.69, 9.17) is 15.5 Å². The summed E-state index contributed by atoms with van der Waals surface area (Å²) in [6.07, 6.45) is 2.10. The Morgan fingerprint density at radius 3 is 2.76 bits per heavy atom. The summed E-state index contributed by atoms with van der Waals surface area (Å²) in [4.78, 5) is 19.8. The molecule has 0 bridgehead atoms. The molecule has 1 saturated heterocycles. The first kappa shape index (κ1) is 19.5. The summed E-state index contributed by atoms with van der Waals surface area (Å²) >= 11 is 0. The molecule has 1 aliphatic rings. The molecule has 1 fully saturated rings. The van der Waals surface area contributed by atoms with Crippen molar-refractivity contribution in [3.8, 4) is 5.75 Å². The lowest BCUT2D eigenvalue weighted by molar-refractivity contribution is -0.133. The van der Waals surface area contributed by atoms with Crippen LogP contribution in [0, 0.1) is 5.92 Å². The molecule has 4 rings (SSSR count). The fourth-order valence-electron chi connectivity index (χ4n) is 3.98. The molecule has 2 aromatic carbocycles. The molecular formula is C23H28N4O2. The highest BCUT2D eigenvalue weighted by Crippen LogP contribution is 2.22. The van der Waals surface area contributed by atoms with Gasteiger partial charge in [-0.2, -0.15) is 0 Å². The number of piperidine rings is 1. The van der Waals surface area contributed by atoms with Crippen LogP contribution < -0.4 is 10.5 Å². The number of nitrogens with two attached hydrogens (primary N) is 1. The Hall–Kier alpha value is -2.86. The SMILES string of the molecule is CC(N)C1CCCN(C(=O)Cn2c(COc3ccccc3)nc3ccccc32)C1. The molecule has 152 valence electrons. The standard InChI is InChI=1S/C23H28N4O2/c1-17(24)18-8-7-13-26(14-18)23(28)15-27-21-12-6-5-11-20(21)25-22(27)16-29-19-9-3-2-4-10-19/h2-6,9-12,17-18H,7-8,13-16,24H2,1H3. The number of imidazole rings is 1. The Labute approximate surface area is 171 Å². The summed E-state index contributed by atoms with van der Waals surface area (Å²) in [7, 11) is 0. The van der Waals surface area contributed by atoms with Crippen molar-refractivity contribution in [1.82, 2.24) is 14.5 Å². The maximum atomic E-state index is 13.1. The van der Waals surface area contributed by atoms with Crippen LogP contribution in [-0.4, -0.2) is 39.5 Å².